The van der Waals surface area contributed by atoms with Crippen molar-refractivity contribution in [2.45, 2.75) is 65.1 Å². The first-order valence-corrected chi connectivity index (χ1v) is 8.99. The van der Waals surface area contributed by atoms with Gasteiger partial charge in [0.2, 0.25) is 0 Å². The summed E-state index contributed by atoms with van der Waals surface area (Å²) in [5.74, 6) is 2.30. The fourth-order valence-electron chi connectivity index (χ4n) is 3.26. The molecule has 0 amide bonds. The number of likely N-dealkylation sites (tertiary alicyclic amines) is 1. The predicted octanol–water partition coefficient (Wildman–Crippen LogP) is 4.92. The minimum atomic E-state index is 0.209. The van der Waals surface area contributed by atoms with Crippen LogP contribution in [0.15, 0.2) is 34.9 Å². The van der Waals surface area contributed by atoms with Gasteiger partial charge in [-0.25, -0.2) is 0 Å². The average Bonchev–Trinajstić information content (AvgIpc) is 3.17. The Labute approximate surface area is 144 Å². The molecule has 1 atom stereocenters. The zero-order valence-corrected chi connectivity index (χ0v) is 15.2. The second kappa shape index (κ2) is 7.39. The van der Waals surface area contributed by atoms with Crippen molar-refractivity contribution in [1.82, 2.24) is 10.1 Å². The molecule has 0 radical (unpaired) electrons. The average molecular weight is 328 g/mol. The highest BCUT2D eigenvalue weighted by molar-refractivity contribution is 5.27. The van der Waals surface area contributed by atoms with E-state index in [9.17, 15) is 0 Å². The van der Waals surface area contributed by atoms with Crippen molar-refractivity contribution in [2.75, 3.05) is 6.54 Å². The molecule has 0 spiro atoms. The monoisotopic (exact) mass is 328 g/mol. The fraction of sp³-hybridized carbons (Fsp3) is 0.550. The number of benzene rings is 1. The van der Waals surface area contributed by atoms with Gasteiger partial charge in [0.15, 0.2) is 0 Å². The van der Waals surface area contributed by atoms with Crippen LogP contribution in [0.4, 0.5) is 0 Å². The van der Waals surface area contributed by atoms with Gasteiger partial charge in [-0.05, 0) is 50.9 Å². The highest BCUT2D eigenvalue weighted by Crippen LogP contribution is 2.34. The van der Waals surface area contributed by atoms with E-state index in [1.165, 1.54) is 12.0 Å². The van der Waals surface area contributed by atoms with Crippen LogP contribution in [-0.2, 0) is 6.54 Å². The van der Waals surface area contributed by atoms with Crippen LogP contribution in [0.25, 0.3) is 0 Å². The smallest absolute Gasteiger partial charge is 0.139 e. The molecule has 1 aromatic heterocycles. The van der Waals surface area contributed by atoms with Gasteiger partial charge >= 0.3 is 0 Å². The van der Waals surface area contributed by atoms with E-state index in [4.69, 9.17) is 9.26 Å². The van der Waals surface area contributed by atoms with Gasteiger partial charge in [0.1, 0.15) is 17.2 Å². The van der Waals surface area contributed by atoms with Gasteiger partial charge in [-0.1, -0.05) is 31.1 Å². The zero-order chi connectivity index (χ0) is 17.1. The van der Waals surface area contributed by atoms with Crippen molar-refractivity contribution in [3.8, 4) is 5.75 Å². The summed E-state index contributed by atoms with van der Waals surface area (Å²) in [5.41, 5.74) is 2.39. The van der Waals surface area contributed by atoms with Gasteiger partial charge in [-0.2, -0.15) is 0 Å². The van der Waals surface area contributed by atoms with Crippen molar-refractivity contribution < 1.29 is 9.26 Å². The Kier molecular flexibility index (Phi) is 5.24. The first kappa shape index (κ1) is 17.0. The van der Waals surface area contributed by atoms with E-state index in [0.29, 0.717) is 12.0 Å². The van der Waals surface area contributed by atoms with Gasteiger partial charge < -0.3 is 9.26 Å². The van der Waals surface area contributed by atoms with Crippen LogP contribution in [0.5, 0.6) is 5.75 Å². The maximum atomic E-state index is 5.72. The minimum Gasteiger partial charge on any atom is -0.491 e. The highest BCUT2D eigenvalue weighted by Gasteiger charge is 2.29. The second-order valence-electron chi connectivity index (χ2n) is 7.25. The highest BCUT2D eigenvalue weighted by atomic mass is 16.5. The van der Waals surface area contributed by atoms with E-state index in [1.807, 2.05) is 13.8 Å². The number of hydrogen-bond acceptors (Lipinski definition) is 4. The minimum absolute atomic E-state index is 0.209. The van der Waals surface area contributed by atoms with Crippen LogP contribution in [0.2, 0.25) is 0 Å². The van der Waals surface area contributed by atoms with Crippen molar-refractivity contribution in [2.24, 2.45) is 0 Å². The third kappa shape index (κ3) is 3.99. The molecule has 1 saturated heterocycles. The van der Waals surface area contributed by atoms with Gasteiger partial charge in [0.05, 0.1) is 12.1 Å². The Morgan fingerprint density at radius 2 is 1.96 bits per heavy atom. The van der Waals surface area contributed by atoms with Crippen molar-refractivity contribution in [3.63, 3.8) is 0 Å². The molecule has 3 rings (SSSR count). The molecule has 0 bridgehead atoms. The molecular weight excluding hydrogens is 300 g/mol. The maximum Gasteiger partial charge on any atom is 0.139 e. The molecule has 1 fully saturated rings. The van der Waals surface area contributed by atoms with Crippen molar-refractivity contribution >= 4 is 0 Å². The van der Waals surface area contributed by atoms with Crippen LogP contribution < -0.4 is 4.74 Å². The van der Waals surface area contributed by atoms with E-state index < -0.39 is 0 Å². The molecule has 1 aliphatic rings. The summed E-state index contributed by atoms with van der Waals surface area (Å²) in [7, 11) is 0. The van der Waals surface area contributed by atoms with Gasteiger partial charge in [-0.15, -0.1) is 0 Å². The summed E-state index contributed by atoms with van der Waals surface area (Å²) in [6.07, 6.45) is 2.57. The third-order valence-corrected chi connectivity index (χ3v) is 4.50. The molecule has 24 heavy (non-hydrogen) atoms. The quantitative estimate of drug-likeness (QED) is 0.754. The zero-order valence-electron chi connectivity index (χ0n) is 15.2. The van der Waals surface area contributed by atoms with Gasteiger partial charge in [0.25, 0.3) is 0 Å². The predicted molar refractivity (Wildman–Crippen MR) is 95.2 cm³/mol. The lowest BCUT2D eigenvalue weighted by atomic mass is 10.1. The summed E-state index contributed by atoms with van der Waals surface area (Å²) in [5, 5.41) is 4.32. The van der Waals surface area contributed by atoms with Crippen molar-refractivity contribution in [3.05, 3.63) is 47.3 Å². The number of rotatable bonds is 6. The molecule has 2 heterocycles. The molecular formula is C20H28N2O2. The lowest BCUT2D eigenvalue weighted by Crippen LogP contribution is -2.23. The lowest BCUT2D eigenvalue weighted by Gasteiger charge is -2.22. The van der Waals surface area contributed by atoms with Crippen LogP contribution in [-0.4, -0.2) is 22.7 Å². The summed E-state index contributed by atoms with van der Waals surface area (Å²) >= 11 is 0. The van der Waals surface area contributed by atoms with E-state index in [-0.39, 0.29) is 6.10 Å². The molecule has 0 saturated carbocycles. The molecule has 1 aliphatic heterocycles. The molecule has 0 aliphatic carbocycles. The first-order valence-electron chi connectivity index (χ1n) is 8.99. The molecule has 130 valence electrons. The molecule has 0 N–H and O–H groups in total. The van der Waals surface area contributed by atoms with Crippen molar-refractivity contribution in [1.29, 1.82) is 0 Å². The van der Waals surface area contributed by atoms with Crippen LogP contribution >= 0.6 is 0 Å². The number of ether oxygens (including phenoxy) is 1. The Morgan fingerprint density at radius 3 is 2.58 bits per heavy atom. The summed E-state index contributed by atoms with van der Waals surface area (Å²) in [6.45, 7) is 10.4. The number of nitrogens with zero attached hydrogens (tertiary/aromatic N) is 2. The normalized spacial score (nSPS) is 18.7. The Morgan fingerprint density at radius 1 is 1.21 bits per heavy atom. The Bertz CT molecular complexity index is 646. The van der Waals surface area contributed by atoms with E-state index in [1.54, 1.807) is 0 Å². The topological polar surface area (TPSA) is 38.5 Å². The molecule has 2 aromatic rings. The van der Waals surface area contributed by atoms with E-state index >= 15 is 0 Å². The molecule has 4 nitrogen and oxygen atoms in total. The largest absolute Gasteiger partial charge is 0.491 e. The van der Waals surface area contributed by atoms with Gasteiger partial charge in [0, 0.05) is 18.5 Å². The third-order valence-electron chi connectivity index (χ3n) is 4.50. The summed E-state index contributed by atoms with van der Waals surface area (Å²) < 4.78 is 11.2. The van der Waals surface area contributed by atoms with E-state index in [2.05, 4.69) is 54.2 Å². The van der Waals surface area contributed by atoms with Crippen LogP contribution in [0.3, 0.4) is 0 Å². The Balaban J connectivity index is 1.67. The molecule has 1 aromatic carbocycles. The standard InChI is InChI=1S/C20H28N2O2/c1-14(2)20-12-18(21-24-20)19-6-5-11-22(19)13-16-7-9-17(10-8-16)23-15(3)4/h7-10,12,14-15,19H,5-6,11,13H2,1-4H3. The molecule has 4 heteroatoms. The van der Waals surface area contributed by atoms with Gasteiger partial charge in [-0.3, -0.25) is 4.90 Å². The van der Waals surface area contributed by atoms with Crippen LogP contribution in [0, 0.1) is 0 Å². The van der Waals surface area contributed by atoms with Crippen LogP contribution in [0.1, 0.15) is 69.5 Å². The summed E-state index contributed by atoms with van der Waals surface area (Å²) in [6, 6.07) is 11.0. The lowest BCUT2D eigenvalue weighted by molar-refractivity contribution is 0.234. The second-order valence-corrected chi connectivity index (χ2v) is 7.25. The number of hydrogen-bond donors (Lipinski definition) is 0. The first-order chi connectivity index (χ1) is 11.5. The maximum absolute atomic E-state index is 5.72. The fourth-order valence-corrected chi connectivity index (χ4v) is 3.26. The summed E-state index contributed by atoms with van der Waals surface area (Å²) in [4.78, 5) is 2.50. The SMILES string of the molecule is CC(C)Oc1ccc(CN2CCCC2c2cc(C(C)C)on2)cc1. The Hall–Kier alpha value is -1.81. The number of aromatic nitrogens is 1. The molecule has 1 unspecified atom stereocenters. The van der Waals surface area contributed by atoms with E-state index in [0.717, 1.165) is 36.7 Å².